The summed E-state index contributed by atoms with van der Waals surface area (Å²) in [6.07, 6.45) is 3.76. The van der Waals surface area contributed by atoms with E-state index in [1.54, 1.807) is 7.11 Å². The highest BCUT2D eigenvalue weighted by Crippen LogP contribution is 2.40. The molecule has 0 amide bonds. The quantitative estimate of drug-likeness (QED) is 0.884. The topological polar surface area (TPSA) is 24.5 Å². The Morgan fingerprint density at radius 1 is 1.33 bits per heavy atom. The smallest absolute Gasteiger partial charge is 0.123 e. The molecular formula is C15H24N2O. The molecule has 1 saturated heterocycles. The van der Waals surface area contributed by atoms with Crippen molar-refractivity contribution in [3.8, 4) is 5.75 Å². The Bertz CT molecular complexity index is 390. The standard InChI is InChI=1S/C15H24N2O/c1-16-12-15(10-6-7-11-17(15)2)13-8-4-5-9-14(13)18-3/h4-5,8-9,16H,6-7,10-12H2,1-3H3. The minimum atomic E-state index is 0.0691. The Kier molecular flexibility index (Phi) is 4.25. The van der Waals surface area contributed by atoms with Gasteiger partial charge in [-0.1, -0.05) is 18.2 Å². The zero-order chi connectivity index (χ0) is 13.0. The largest absolute Gasteiger partial charge is 0.496 e. The van der Waals surface area contributed by atoms with Crippen LogP contribution in [0.3, 0.4) is 0 Å². The number of nitrogens with zero attached hydrogens (tertiary/aromatic N) is 1. The lowest BCUT2D eigenvalue weighted by atomic mass is 9.80. The van der Waals surface area contributed by atoms with E-state index in [0.29, 0.717) is 0 Å². The van der Waals surface area contributed by atoms with Gasteiger partial charge in [-0.2, -0.15) is 0 Å². The van der Waals surface area contributed by atoms with Crippen LogP contribution in [0.2, 0.25) is 0 Å². The van der Waals surface area contributed by atoms with Crippen molar-refractivity contribution >= 4 is 0 Å². The Balaban J connectivity index is 2.45. The van der Waals surface area contributed by atoms with E-state index >= 15 is 0 Å². The highest BCUT2D eigenvalue weighted by molar-refractivity contribution is 5.40. The minimum absolute atomic E-state index is 0.0691. The molecule has 0 bridgehead atoms. The van der Waals surface area contributed by atoms with Crippen LogP contribution in [0.25, 0.3) is 0 Å². The Hall–Kier alpha value is -1.06. The van der Waals surface area contributed by atoms with Gasteiger partial charge in [0.2, 0.25) is 0 Å². The van der Waals surface area contributed by atoms with Crippen LogP contribution in [0.5, 0.6) is 5.75 Å². The maximum atomic E-state index is 5.56. The number of para-hydroxylation sites is 1. The van der Waals surface area contributed by atoms with Crippen molar-refractivity contribution in [2.24, 2.45) is 0 Å². The number of hydrogen-bond donors (Lipinski definition) is 1. The van der Waals surface area contributed by atoms with Gasteiger partial charge in [-0.15, -0.1) is 0 Å². The molecule has 0 aliphatic carbocycles. The van der Waals surface area contributed by atoms with E-state index in [2.05, 4.69) is 35.5 Å². The van der Waals surface area contributed by atoms with E-state index in [1.807, 2.05) is 13.1 Å². The summed E-state index contributed by atoms with van der Waals surface area (Å²) in [6.45, 7) is 2.11. The van der Waals surface area contributed by atoms with Crippen molar-refractivity contribution in [3.05, 3.63) is 29.8 Å². The molecule has 18 heavy (non-hydrogen) atoms. The van der Waals surface area contributed by atoms with Crippen LogP contribution in [0.4, 0.5) is 0 Å². The molecule has 1 fully saturated rings. The fraction of sp³-hybridized carbons (Fsp3) is 0.600. The number of hydrogen-bond acceptors (Lipinski definition) is 3. The fourth-order valence-electron chi connectivity index (χ4n) is 3.15. The first-order valence-corrected chi connectivity index (χ1v) is 6.74. The maximum Gasteiger partial charge on any atom is 0.123 e. The third kappa shape index (κ3) is 2.25. The average molecular weight is 248 g/mol. The van der Waals surface area contributed by atoms with Gasteiger partial charge < -0.3 is 10.1 Å². The number of nitrogens with one attached hydrogen (secondary N) is 1. The van der Waals surface area contributed by atoms with Crippen LogP contribution >= 0.6 is 0 Å². The molecule has 1 unspecified atom stereocenters. The lowest BCUT2D eigenvalue weighted by molar-refractivity contribution is 0.0691. The number of ether oxygens (including phenoxy) is 1. The monoisotopic (exact) mass is 248 g/mol. The fourth-order valence-corrected chi connectivity index (χ4v) is 3.15. The Labute approximate surface area is 110 Å². The van der Waals surface area contributed by atoms with Gasteiger partial charge in [-0.3, -0.25) is 4.90 Å². The number of benzene rings is 1. The molecule has 0 saturated carbocycles. The van der Waals surface area contributed by atoms with Crippen LogP contribution in [0.1, 0.15) is 24.8 Å². The summed E-state index contributed by atoms with van der Waals surface area (Å²) in [7, 11) is 6.01. The van der Waals surface area contributed by atoms with Gasteiger partial charge in [0.1, 0.15) is 5.75 Å². The molecule has 1 aliphatic heterocycles. The van der Waals surface area contributed by atoms with E-state index in [4.69, 9.17) is 4.74 Å². The Morgan fingerprint density at radius 2 is 2.11 bits per heavy atom. The molecule has 1 aromatic rings. The number of methoxy groups -OCH3 is 1. The molecule has 0 spiro atoms. The number of likely N-dealkylation sites (tertiary alicyclic amines) is 1. The molecule has 0 radical (unpaired) electrons. The molecule has 0 aromatic heterocycles. The van der Waals surface area contributed by atoms with Gasteiger partial charge in [0.05, 0.1) is 12.6 Å². The second-order valence-corrected chi connectivity index (χ2v) is 5.14. The van der Waals surface area contributed by atoms with E-state index < -0.39 is 0 Å². The van der Waals surface area contributed by atoms with Gasteiger partial charge in [-0.05, 0) is 46.0 Å². The van der Waals surface area contributed by atoms with E-state index in [1.165, 1.54) is 24.8 Å². The van der Waals surface area contributed by atoms with Crippen LogP contribution in [0.15, 0.2) is 24.3 Å². The summed E-state index contributed by atoms with van der Waals surface area (Å²) in [4.78, 5) is 2.48. The van der Waals surface area contributed by atoms with Gasteiger partial charge >= 0.3 is 0 Å². The Morgan fingerprint density at radius 3 is 2.78 bits per heavy atom. The molecule has 3 nitrogen and oxygen atoms in total. The van der Waals surface area contributed by atoms with Crippen molar-refractivity contribution in [1.82, 2.24) is 10.2 Å². The van der Waals surface area contributed by atoms with Gasteiger partial charge in [0, 0.05) is 12.1 Å². The highest BCUT2D eigenvalue weighted by atomic mass is 16.5. The van der Waals surface area contributed by atoms with Crippen LogP contribution in [-0.2, 0) is 5.54 Å². The minimum Gasteiger partial charge on any atom is -0.496 e. The molecule has 1 N–H and O–H groups in total. The normalized spacial score (nSPS) is 25.1. The molecule has 1 aromatic carbocycles. The third-order valence-corrected chi connectivity index (χ3v) is 4.14. The predicted molar refractivity (Wildman–Crippen MR) is 75.1 cm³/mol. The van der Waals surface area contributed by atoms with Gasteiger partial charge in [-0.25, -0.2) is 0 Å². The summed E-state index contributed by atoms with van der Waals surface area (Å²) in [6, 6.07) is 8.42. The second-order valence-electron chi connectivity index (χ2n) is 5.14. The molecule has 1 heterocycles. The van der Waals surface area contributed by atoms with Gasteiger partial charge in [0.15, 0.2) is 0 Å². The maximum absolute atomic E-state index is 5.56. The first-order valence-electron chi connectivity index (χ1n) is 6.74. The molecular weight excluding hydrogens is 224 g/mol. The first kappa shape index (κ1) is 13.4. The van der Waals surface area contributed by atoms with Crippen molar-refractivity contribution in [3.63, 3.8) is 0 Å². The average Bonchev–Trinajstić information content (AvgIpc) is 2.42. The van der Waals surface area contributed by atoms with Crippen molar-refractivity contribution < 1.29 is 4.74 Å². The molecule has 3 heteroatoms. The number of likely N-dealkylation sites (N-methyl/N-ethyl adjacent to an activating group) is 2. The predicted octanol–water partition coefficient (Wildman–Crippen LogP) is 2.23. The van der Waals surface area contributed by atoms with Crippen molar-refractivity contribution in [1.29, 1.82) is 0 Å². The van der Waals surface area contributed by atoms with E-state index in [-0.39, 0.29) is 5.54 Å². The zero-order valence-corrected chi connectivity index (χ0v) is 11.7. The first-order chi connectivity index (χ1) is 8.74. The summed E-state index contributed by atoms with van der Waals surface area (Å²) in [5.74, 6) is 1.00. The number of piperidine rings is 1. The van der Waals surface area contributed by atoms with E-state index in [0.717, 1.165) is 18.8 Å². The molecule has 100 valence electrons. The van der Waals surface area contributed by atoms with Crippen LogP contribution < -0.4 is 10.1 Å². The van der Waals surface area contributed by atoms with Crippen LogP contribution in [-0.4, -0.2) is 39.2 Å². The number of rotatable bonds is 4. The van der Waals surface area contributed by atoms with Crippen molar-refractivity contribution in [2.45, 2.75) is 24.8 Å². The van der Waals surface area contributed by atoms with Gasteiger partial charge in [0.25, 0.3) is 0 Å². The van der Waals surface area contributed by atoms with Crippen molar-refractivity contribution in [2.75, 3.05) is 34.3 Å². The lowest BCUT2D eigenvalue weighted by Gasteiger charge is -2.46. The lowest BCUT2D eigenvalue weighted by Crippen LogP contribution is -2.52. The summed E-state index contributed by atoms with van der Waals surface area (Å²) < 4.78 is 5.56. The molecule has 1 aliphatic rings. The van der Waals surface area contributed by atoms with Crippen LogP contribution in [0, 0.1) is 0 Å². The zero-order valence-electron chi connectivity index (χ0n) is 11.7. The summed E-state index contributed by atoms with van der Waals surface area (Å²) in [5.41, 5.74) is 1.38. The van der Waals surface area contributed by atoms with E-state index in [9.17, 15) is 0 Å². The molecule has 1 atom stereocenters. The SMILES string of the molecule is CNCC1(c2ccccc2OC)CCCCN1C. The summed E-state index contributed by atoms with van der Waals surface area (Å²) in [5, 5.41) is 3.36. The second kappa shape index (κ2) is 5.72. The summed E-state index contributed by atoms with van der Waals surface area (Å²) >= 11 is 0. The third-order valence-electron chi connectivity index (χ3n) is 4.14. The highest BCUT2D eigenvalue weighted by Gasteiger charge is 2.39. The molecule has 2 rings (SSSR count).